The molecule has 6 heteroatoms. The summed E-state index contributed by atoms with van der Waals surface area (Å²) in [7, 11) is 1.72. The minimum Gasteiger partial charge on any atom is -0.384 e. The van der Waals surface area contributed by atoms with Crippen molar-refractivity contribution in [1.82, 2.24) is 14.5 Å². The number of hydrogen-bond acceptors (Lipinski definition) is 5. The molecule has 0 fully saturated rings. The van der Waals surface area contributed by atoms with Gasteiger partial charge in [0, 0.05) is 31.2 Å². The van der Waals surface area contributed by atoms with E-state index in [0.29, 0.717) is 12.4 Å². The first-order valence-corrected chi connectivity index (χ1v) is 9.96. The van der Waals surface area contributed by atoms with E-state index in [4.69, 9.17) is 15.5 Å². The largest absolute Gasteiger partial charge is 0.384 e. The fraction of sp³-hybridized carbons (Fsp3) is 0.400. The highest BCUT2D eigenvalue weighted by Crippen LogP contribution is 2.25. The molecule has 0 amide bonds. The van der Waals surface area contributed by atoms with Crippen LogP contribution in [-0.2, 0) is 17.7 Å². The molecule has 26 heavy (non-hydrogen) atoms. The Bertz CT molecular complexity index is 848. The van der Waals surface area contributed by atoms with E-state index in [9.17, 15) is 0 Å². The second-order valence-corrected chi connectivity index (χ2v) is 7.48. The Morgan fingerprint density at radius 3 is 2.77 bits per heavy atom. The Morgan fingerprint density at radius 2 is 2.00 bits per heavy atom. The number of anilines is 1. The number of rotatable bonds is 9. The van der Waals surface area contributed by atoms with Crippen molar-refractivity contribution >= 4 is 28.6 Å². The molecule has 0 aliphatic rings. The SMILES string of the molecule is COCCc1nc2c(N)ncc(C)c2n1CCCCSc1ccccc1. The summed E-state index contributed by atoms with van der Waals surface area (Å²) in [5, 5.41) is 0. The van der Waals surface area contributed by atoms with E-state index in [2.05, 4.69) is 46.8 Å². The Morgan fingerprint density at radius 1 is 1.19 bits per heavy atom. The van der Waals surface area contributed by atoms with Gasteiger partial charge in [-0.15, -0.1) is 11.8 Å². The summed E-state index contributed by atoms with van der Waals surface area (Å²) in [5.41, 5.74) is 9.10. The van der Waals surface area contributed by atoms with Crippen molar-refractivity contribution in [1.29, 1.82) is 0 Å². The molecule has 2 heterocycles. The molecule has 0 atom stereocenters. The molecule has 0 aliphatic heterocycles. The number of aromatic nitrogens is 3. The van der Waals surface area contributed by atoms with E-state index in [-0.39, 0.29) is 0 Å². The van der Waals surface area contributed by atoms with Crippen molar-refractivity contribution in [3.63, 3.8) is 0 Å². The van der Waals surface area contributed by atoms with Crippen LogP contribution in [-0.4, -0.2) is 34.0 Å². The number of pyridine rings is 1. The van der Waals surface area contributed by atoms with Crippen LogP contribution in [0.4, 0.5) is 5.82 Å². The summed E-state index contributed by atoms with van der Waals surface area (Å²) in [6.07, 6.45) is 4.87. The molecule has 2 aromatic heterocycles. The number of ether oxygens (including phenoxy) is 1. The van der Waals surface area contributed by atoms with Crippen molar-refractivity contribution in [3.8, 4) is 0 Å². The number of thioether (sulfide) groups is 1. The average Bonchev–Trinajstić information content (AvgIpc) is 3.03. The van der Waals surface area contributed by atoms with Crippen LogP contribution in [0.2, 0.25) is 0 Å². The predicted octanol–water partition coefficient (Wildman–Crippen LogP) is 4.08. The molecule has 3 rings (SSSR count). The Labute approximate surface area is 159 Å². The third-order valence-corrected chi connectivity index (χ3v) is 5.48. The average molecular weight is 371 g/mol. The van der Waals surface area contributed by atoms with Gasteiger partial charge in [0.25, 0.3) is 0 Å². The number of unbranched alkanes of at least 4 members (excludes halogenated alkanes) is 1. The number of benzene rings is 1. The maximum absolute atomic E-state index is 6.06. The lowest BCUT2D eigenvalue weighted by molar-refractivity contribution is 0.199. The number of nitrogen functional groups attached to an aromatic ring is 1. The van der Waals surface area contributed by atoms with Gasteiger partial charge in [-0.05, 0) is 43.2 Å². The predicted molar refractivity (Wildman–Crippen MR) is 109 cm³/mol. The Hall–Kier alpha value is -2.05. The van der Waals surface area contributed by atoms with Crippen molar-refractivity contribution in [2.45, 2.75) is 37.6 Å². The molecular weight excluding hydrogens is 344 g/mol. The van der Waals surface area contributed by atoms with Crippen molar-refractivity contribution in [3.05, 3.63) is 47.9 Å². The molecule has 0 unspecified atom stereocenters. The van der Waals surface area contributed by atoms with Gasteiger partial charge in [0.05, 0.1) is 12.1 Å². The lowest BCUT2D eigenvalue weighted by Gasteiger charge is -2.10. The minimum atomic E-state index is 0.502. The van der Waals surface area contributed by atoms with Crippen molar-refractivity contribution < 1.29 is 4.74 Å². The topological polar surface area (TPSA) is 66.0 Å². The monoisotopic (exact) mass is 370 g/mol. The van der Waals surface area contributed by atoms with E-state index in [1.807, 2.05) is 18.0 Å². The third kappa shape index (κ3) is 4.37. The third-order valence-electron chi connectivity index (χ3n) is 4.38. The van der Waals surface area contributed by atoms with Crippen molar-refractivity contribution in [2.75, 3.05) is 25.2 Å². The number of aryl methyl sites for hydroxylation is 2. The van der Waals surface area contributed by atoms with Crippen LogP contribution in [0.5, 0.6) is 0 Å². The van der Waals surface area contributed by atoms with Crippen LogP contribution in [0, 0.1) is 6.92 Å². The molecule has 0 aliphatic carbocycles. The maximum atomic E-state index is 6.06. The summed E-state index contributed by atoms with van der Waals surface area (Å²) in [6.45, 7) is 3.66. The Balaban J connectivity index is 1.68. The highest BCUT2D eigenvalue weighted by atomic mass is 32.2. The molecule has 5 nitrogen and oxygen atoms in total. The van der Waals surface area contributed by atoms with Gasteiger partial charge in [-0.1, -0.05) is 18.2 Å². The van der Waals surface area contributed by atoms with Gasteiger partial charge in [0.15, 0.2) is 5.82 Å². The summed E-state index contributed by atoms with van der Waals surface area (Å²) < 4.78 is 7.55. The first-order chi connectivity index (χ1) is 12.7. The molecule has 138 valence electrons. The van der Waals surface area contributed by atoms with Gasteiger partial charge in [-0.25, -0.2) is 9.97 Å². The summed E-state index contributed by atoms with van der Waals surface area (Å²) >= 11 is 1.91. The highest BCUT2D eigenvalue weighted by Gasteiger charge is 2.15. The molecule has 0 saturated carbocycles. The first-order valence-electron chi connectivity index (χ1n) is 8.97. The molecule has 0 bridgehead atoms. The first kappa shape index (κ1) is 18.7. The van der Waals surface area contributed by atoms with Crippen LogP contribution in [0.25, 0.3) is 11.0 Å². The smallest absolute Gasteiger partial charge is 0.151 e. The second kappa shape index (κ2) is 9.05. The Kier molecular flexibility index (Phi) is 6.52. The zero-order valence-electron chi connectivity index (χ0n) is 15.4. The van der Waals surface area contributed by atoms with E-state index < -0.39 is 0 Å². The fourth-order valence-electron chi connectivity index (χ4n) is 3.07. The molecular formula is C20H26N4OS. The zero-order chi connectivity index (χ0) is 18.4. The number of imidazole rings is 1. The molecule has 1 aromatic carbocycles. The molecule has 3 aromatic rings. The van der Waals surface area contributed by atoms with Crippen LogP contribution in [0.15, 0.2) is 41.4 Å². The van der Waals surface area contributed by atoms with Crippen LogP contribution >= 0.6 is 11.8 Å². The standard InChI is InChI=1S/C20H26N4OS/c1-15-14-22-20(21)18-19(15)24(17(23-18)10-12-25-2)11-6-7-13-26-16-8-4-3-5-9-16/h3-5,8-9,14H,6-7,10-13H2,1-2H3,(H2,21,22). The second-order valence-electron chi connectivity index (χ2n) is 6.31. The number of fused-ring (bicyclic) bond motifs is 1. The van der Waals surface area contributed by atoms with E-state index >= 15 is 0 Å². The van der Waals surface area contributed by atoms with Gasteiger partial charge in [0.1, 0.15) is 11.3 Å². The summed E-state index contributed by atoms with van der Waals surface area (Å²) in [5.74, 6) is 2.65. The van der Waals surface area contributed by atoms with Gasteiger partial charge in [0.2, 0.25) is 0 Å². The van der Waals surface area contributed by atoms with Gasteiger partial charge in [-0.3, -0.25) is 0 Å². The number of nitrogens with zero attached hydrogens (tertiary/aromatic N) is 3. The zero-order valence-corrected chi connectivity index (χ0v) is 16.3. The van der Waals surface area contributed by atoms with Gasteiger partial charge in [-0.2, -0.15) is 0 Å². The van der Waals surface area contributed by atoms with Crippen LogP contribution in [0.1, 0.15) is 24.2 Å². The molecule has 0 radical (unpaired) electrons. The van der Waals surface area contributed by atoms with Crippen LogP contribution in [0.3, 0.4) is 0 Å². The summed E-state index contributed by atoms with van der Waals surface area (Å²) in [4.78, 5) is 10.3. The summed E-state index contributed by atoms with van der Waals surface area (Å²) in [6, 6.07) is 10.6. The molecule has 0 saturated heterocycles. The fourth-order valence-corrected chi connectivity index (χ4v) is 4.00. The normalized spacial score (nSPS) is 11.3. The van der Waals surface area contributed by atoms with E-state index in [0.717, 1.165) is 54.0 Å². The number of hydrogen-bond donors (Lipinski definition) is 1. The lowest BCUT2D eigenvalue weighted by Crippen LogP contribution is -2.08. The van der Waals surface area contributed by atoms with Gasteiger partial charge >= 0.3 is 0 Å². The highest BCUT2D eigenvalue weighted by molar-refractivity contribution is 7.99. The molecule has 2 N–H and O–H groups in total. The molecule has 0 spiro atoms. The minimum absolute atomic E-state index is 0.502. The van der Waals surface area contributed by atoms with Crippen molar-refractivity contribution in [2.24, 2.45) is 0 Å². The van der Waals surface area contributed by atoms with Gasteiger partial charge < -0.3 is 15.0 Å². The number of methoxy groups -OCH3 is 1. The number of nitrogens with two attached hydrogens (primary N) is 1. The quantitative estimate of drug-likeness (QED) is 0.454. The van der Waals surface area contributed by atoms with Crippen LogP contribution < -0.4 is 5.73 Å². The van der Waals surface area contributed by atoms with E-state index in [1.165, 1.54) is 4.90 Å². The lowest BCUT2D eigenvalue weighted by atomic mass is 10.2. The maximum Gasteiger partial charge on any atom is 0.151 e. The van der Waals surface area contributed by atoms with E-state index in [1.54, 1.807) is 7.11 Å².